The van der Waals surface area contributed by atoms with E-state index in [0.717, 1.165) is 27.0 Å². The fourth-order valence-corrected chi connectivity index (χ4v) is 16.5. The van der Waals surface area contributed by atoms with Crippen molar-refractivity contribution >= 4 is 124 Å². The first-order chi connectivity index (χ1) is 52.3. The summed E-state index contributed by atoms with van der Waals surface area (Å²) in [7, 11) is -0.440. The van der Waals surface area contributed by atoms with E-state index < -0.39 is 80.1 Å². The number of carbonyl (C=O) groups excluding carboxylic acids is 8. The fraction of sp³-hybridized carbons (Fsp3) is 0.305. The molecule has 8 aromatic rings. The zero-order valence-corrected chi connectivity index (χ0v) is 65.2. The van der Waals surface area contributed by atoms with Crippen LogP contribution >= 0.6 is 15.9 Å². The number of alkyl halides is 6. The number of hydrogen-bond donors (Lipinski definition) is 3. The van der Waals surface area contributed by atoms with Crippen molar-refractivity contribution in [2.45, 2.75) is 129 Å². The lowest BCUT2D eigenvalue weighted by atomic mass is 9.83. The van der Waals surface area contributed by atoms with Gasteiger partial charge in [0.25, 0.3) is 0 Å². The summed E-state index contributed by atoms with van der Waals surface area (Å²) in [6, 6.07) is 42.8. The molecule has 112 heavy (non-hydrogen) atoms. The highest BCUT2D eigenvalue weighted by atomic mass is 79.9. The van der Waals surface area contributed by atoms with Crippen LogP contribution in [0, 0.1) is 5.41 Å². The number of Topliss-reactive ketones (excluding diaryl/α,β-unsaturated/α-hetero) is 1. The Hall–Kier alpha value is -11.4. The van der Waals surface area contributed by atoms with Crippen molar-refractivity contribution in [1.29, 1.82) is 0 Å². The average Bonchev–Trinajstić information content (AvgIpc) is 1.60. The molecule has 1 fully saturated rings. The molecule has 5 amide bonds. The van der Waals surface area contributed by atoms with Crippen LogP contribution in [-0.4, -0.2) is 112 Å². The van der Waals surface area contributed by atoms with Gasteiger partial charge in [0.2, 0.25) is 29.5 Å². The number of methoxy groups -OCH3 is 2. The summed E-state index contributed by atoms with van der Waals surface area (Å²) in [5.74, 6) is -3.09. The van der Waals surface area contributed by atoms with Crippen molar-refractivity contribution in [2.75, 3.05) is 51.1 Å². The van der Waals surface area contributed by atoms with Gasteiger partial charge in [0, 0.05) is 51.4 Å². The minimum Gasteiger partial charge on any atom is -0.478 e. The third-order valence-corrected chi connectivity index (χ3v) is 22.7. The number of hydrogen-bond acceptors (Lipinski definition) is 16. The Labute approximate surface area is 649 Å². The fourth-order valence-electron chi connectivity index (χ4n) is 13.9. The summed E-state index contributed by atoms with van der Waals surface area (Å²) in [5, 5.41) is 14.8. The molecule has 0 atom stereocenters. The number of fused-ring (bicyclic) bond motifs is 5. The van der Waals surface area contributed by atoms with E-state index in [1.807, 2.05) is 45.9 Å². The molecule has 1 saturated heterocycles. The molecular formula is C82H78BrF6N5O17S. The molecule has 0 saturated carbocycles. The largest absolute Gasteiger partial charge is 0.478 e. The molecule has 0 aliphatic carbocycles. The van der Waals surface area contributed by atoms with Gasteiger partial charge in [0.15, 0.2) is 15.6 Å². The second-order valence-corrected chi connectivity index (χ2v) is 32.9. The van der Waals surface area contributed by atoms with Gasteiger partial charge in [-0.2, -0.15) is 26.3 Å². The van der Waals surface area contributed by atoms with Gasteiger partial charge >= 0.3 is 37.7 Å². The topological polar surface area (TPSA) is 288 Å². The van der Waals surface area contributed by atoms with Crippen LogP contribution < -0.4 is 39.5 Å². The number of anilines is 8. The molecule has 0 unspecified atom stereocenters. The lowest BCUT2D eigenvalue weighted by Crippen LogP contribution is -2.47. The molecule has 0 bridgehead atoms. The van der Waals surface area contributed by atoms with Gasteiger partial charge in [-0.1, -0.05) is 41.1 Å². The Morgan fingerprint density at radius 2 is 0.759 bits per heavy atom. The first kappa shape index (κ1) is 83.1. The molecular weight excluding hydrogens is 1550 g/mol. The number of carboxylic acids is 1. The van der Waals surface area contributed by atoms with Gasteiger partial charge in [-0.3, -0.25) is 43.5 Å². The normalized spacial score (nSPS) is 17.2. The number of carbonyl (C=O) groups is 9. The van der Waals surface area contributed by atoms with Crippen LogP contribution in [0.1, 0.15) is 152 Å². The van der Waals surface area contributed by atoms with Crippen LogP contribution in [-0.2, 0) is 70.4 Å². The van der Waals surface area contributed by atoms with Gasteiger partial charge in [-0.15, -0.1) is 0 Å². The predicted octanol–water partition coefficient (Wildman–Crippen LogP) is 16.6. The maximum atomic E-state index is 13.2. The molecule has 0 aromatic heterocycles. The maximum Gasteiger partial charge on any atom is 0.387 e. The molecule has 0 radical (unpaired) electrons. The van der Waals surface area contributed by atoms with Crippen LogP contribution in [0.25, 0.3) is 0 Å². The number of esters is 2. The Morgan fingerprint density at radius 1 is 0.438 bits per heavy atom. The Bertz CT molecular complexity index is 5270. The summed E-state index contributed by atoms with van der Waals surface area (Å²) < 4.78 is 122. The molecule has 0 spiro atoms. The minimum atomic E-state index is -3.06. The van der Waals surface area contributed by atoms with Gasteiger partial charge < -0.3 is 39.4 Å². The van der Waals surface area contributed by atoms with E-state index in [1.54, 1.807) is 127 Å². The molecule has 588 valence electrons. The lowest BCUT2D eigenvalue weighted by Gasteiger charge is -2.37. The monoisotopic (exact) mass is 1630 g/mol. The number of nitrogens with one attached hydrogen (secondary N) is 2. The van der Waals surface area contributed by atoms with E-state index in [9.17, 15) is 77.9 Å². The summed E-state index contributed by atoms with van der Waals surface area (Å²) in [5.41, 5.74) is 5.22. The molecule has 14 rings (SSSR count). The van der Waals surface area contributed by atoms with E-state index in [-0.39, 0.29) is 76.1 Å². The van der Waals surface area contributed by atoms with Crippen LogP contribution in [0.3, 0.4) is 0 Å². The van der Waals surface area contributed by atoms with E-state index in [1.165, 1.54) is 95.6 Å². The molecule has 6 heterocycles. The molecule has 22 nitrogen and oxygen atoms in total. The Balaban J connectivity index is 0.000000153. The smallest absolute Gasteiger partial charge is 0.387 e. The van der Waals surface area contributed by atoms with Crippen LogP contribution in [0.2, 0.25) is 0 Å². The third-order valence-electron chi connectivity index (χ3n) is 20.0. The number of amides is 5. The summed E-state index contributed by atoms with van der Waals surface area (Å²) in [6.45, 7) is 10.8. The Morgan fingerprint density at radius 3 is 1.12 bits per heavy atom. The number of carboxylic acid groups (broad SMARTS) is 1. The average molecular weight is 1630 g/mol. The highest BCUT2D eigenvalue weighted by molar-refractivity contribution is 9.10. The zero-order valence-electron chi connectivity index (χ0n) is 62.8. The quantitative estimate of drug-likeness (QED) is 0.0488. The number of nitrogens with zero attached hydrogens (tertiary/aromatic N) is 3. The predicted molar refractivity (Wildman–Crippen MR) is 408 cm³/mol. The molecule has 8 aromatic carbocycles. The highest BCUT2D eigenvalue weighted by Crippen LogP contribution is 2.51. The maximum absolute atomic E-state index is 13.2. The number of ether oxygens (including phenoxy) is 5. The zero-order chi connectivity index (χ0) is 82.4. The molecule has 30 heteroatoms. The number of benzene rings is 8. The lowest BCUT2D eigenvalue weighted by molar-refractivity contribution is -0.122. The van der Waals surface area contributed by atoms with Gasteiger partial charge in [-0.05, 0) is 224 Å². The van der Waals surface area contributed by atoms with Crippen molar-refractivity contribution in [3.63, 3.8) is 0 Å². The first-order valence-corrected chi connectivity index (χ1v) is 37.2. The van der Waals surface area contributed by atoms with Crippen molar-refractivity contribution in [3.05, 3.63) is 218 Å². The van der Waals surface area contributed by atoms with Crippen LogP contribution in [0.15, 0.2) is 168 Å². The van der Waals surface area contributed by atoms with E-state index in [4.69, 9.17) is 9.84 Å². The number of halogens is 7. The van der Waals surface area contributed by atoms with E-state index in [0.29, 0.717) is 67.5 Å². The van der Waals surface area contributed by atoms with Crippen molar-refractivity contribution in [2.24, 2.45) is 5.41 Å². The van der Waals surface area contributed by atoms with E-state index >= 15 is 0 Å². The van der Waals surface area contributed by atoms with Crippen molar-refractivity contribution in [1.82, 2.24) is 0 Å². The first-order valence-electron chi connectivity index (χ1n) is 34.6. The molecule has 6 aliphatic heterocycles. The SMILES string of the molecule is CC1(C)C(=O)N(c2cccc(OC(F)F)c2)c2ccc(C(=O)O)cc21.CC1(C)C(=O)Nc2ccc(Br)cc21.CC1(CC(=O)c2ccc3c(c2)C(C)(C)C(=O)N3c2cccc(OC(F)F)c2)CS(=O)(=O)C1.COC(=O)c1ccc2c(c1)C(C)(C)C(=O)N2.COC(=O)c1ccc2c(c1)C(C)(C)C(=O)N2c1cccc(OC(F)F)c1. The van der Waals surface area contributed by atoms with Crippen molar-refractivity contribution < 1.29 is 107 Å². The van der Waals surface area contributed by atoms with E-state index in [2.05, 4.69) is 45.5 Å². The van der Waals surface area contributed by atoms with Crippen LogP contribution in [0.4, 0.5) is 71.8 Å². The number of ketones is 1. The highest BCUT2D eigenvalue weighted by Gasteiger charge is 2.50. The second kappa shape index (κ2) is 31.4. The summed E-state index contributed by atoms with van der Waals surface area (Å²) >= 11 is 3.40. The Kier molecular flexibility index (Phi) is 23.3. The van der Waals surface area contributed by atoms with Crippen molar-refractivity contribution in [3.8, 4) is 17.2 Å². The third kappa shape index (κ3) is 16.8. The number of aromatic carboxylic acids is 1. The van der Waals surface area contributed by atoms with Gasteiger partial charge in [0.05, 0.1) is 104 Å². The number of rotatable bonds is 15. The standard InChI is InChI=1S/C23H23F2NO5S.C19H17F2NO4.C18H15F2NO4.C12H13NO3.C10H10BrNO/c1-22(2)17-9-14(19(27)11-23(3)12-32(29,30)13-23)7-8-18(17)26(20(22)28)15-5-4-6-16(10-15)31-21(24)25;1-19(2)14-9-11(16(23)25-3)7-8-15(14)22(17(19)24)12-5-4-6-13(10-12)26-18(20)21;1-18(2)13-8-10(15(22)23)6-7-14(13)21(16(18)24)11-4-3-5-12(9-11)25-17(19)20;1-12(2)8-6-7(10(14)16-3)4-5-9(8)13-11(12)15;1-10(2)7-5-6(11)3-4-8(7)12-9(10)13/h4-10,21H,11-13H2,1-3H3;4-10,18H,1-3H3;3-9,17H,1-2H3,(H,22,23);4-6H,1-3H3,(H,13,15);3-5H,1-2H3,(H,12,13). The second-order valence-electron chi connectivity index (χ2n) is 30.0. The van der Waals surface area contributed by atoms with Crippen LogP contribution in [0.5, 0.6) is 17.2 Å². The van der Waals surface area contributed by atoms with Gasteiger partial charge in [0.1, 0.15) is 17.2 Å². The number of sulfone groups is 1. The summed E-state index contributed by atoms with van der Waals surface area (Å²) in [6.07, 6.45) is 0.107. The van der Waals surface area contributed by atoms with Gasteiger partial charge in [-0.25, -0.2) is 22.8 Å². The summed E-state index contributed by atoms with van der Waals surface area (Å²) in [4.78, 5) is 114. The minimum absolute atomic E-state index is 0.00847. The molecule has 3 N–H and O–H groups in total. The molecule has 6 aliphatic rings.